The van der Waals surface area contributed by atoms with E-state index >= 15 is 0 Å². The van der Waals surface area contributed by atoms with E-state index in [0.717, 1.165) is 5.56 Å². The van der Waals surface area contributed by atoms with Gasteiger partial charge in [-0.25, -0.2) is 8.42 Å². The molecular formula is C28H31N3O6S. The van der Waals surface area contributed by atoms with Crippen molar-refractivity contribution in [1.82, 2.24) is 15.1 Å². The summed E-state index contributed by atoms with van der Waals surface area (Å²) in [5.41, 5.74) is 1.64. The first-order valence-corrected chi connectivity index (χ1v) is 13.8. The van der Waals surface area contributed by atoms with Gasteiger partial charge >= 0.3 is 0 Å². The summed E-state index contributed by atoms with van der Waals surface area (Å²) in [6.07, 6.45) is 1.28. The van der Waals surface area contributed by atoms with Gasteiger partial charge in [0.15, 0.2) is 5.76 Å². The lowest BCUT2D eigenvalue weighted by Crippen LogP contribution is -2.57. The second kappa shape index (κ2) is 10.8. The van der Waals surface area contributed by atoms with Crippen LogP contribution in [-0.4, -0.2) is 67.5 Å². The second-order valence-electron chi connectivity index (χ2n) is 10.1. The number of sulfone groups is 1. The summed E-state index contributed by atoms with van der Waals surface area (Å²) in [7, 11) is -4.27. The zero-order valence-electron chi connectivity index (χ0n) is 21.6. The number of rotatable bonds is 6. The quantitative estimate of drug-likeness (QED) is 0.517. The molecule has 0 unspecified atom stereocenters. The fourth-order valence-electron chi connectivity index (χ4n) is 4.21. The first-order chi connectivity index (χ1) is 18.0. The molecule has 0 radical (unpaired) electrons. The van der Waals surface area contributed by atoms with Gasteiger partial charge in [-0.1, -0.05) is 51.1 Å². The van der Waals surface area contributed by atoms with E-state index in [0.29, 0.717) is 5.56 Å². The van der Waals surface area contributed by atoms with Crippen molar-refractivity contribution in [1.29, 1.82) is 0 Å². The standard InChI is InChI=1S/C28H31N3O6S/c1-28(2,3)21-13-11-20(12-14-21)26(33)30-15-17-31(18-16-30)27(34)25(29-24(32)23-10-7-19-37-23)38(35,36)22-8-5-4-6-9-22/h4-14,19,25H,15-18H2,1-3H3,(H,29,32)/t25-/m1/s1. The molecule has 0 aliphatic carbocycles. The Morgan fingerprint density at radius 2 is 1.45 bits per heavy atom. The fraction of sp³-hybridized carbons (Fsp3) is 0.321. The Morgan fingerprint density at radius 1 is 0.842 bits per heavy atom. The van der Waals surface area contributed by atoms with Crippen LogP contribution in [0.25, 0.3) is 0 Å². The number of piperazine rings is 1. The number of hydrogen-bond acceptors (Lipinski definition) is 6. The smallest absolute Gasteiger partial charge is 0.288 e. The number of hydrogen-bond donors (Lipinski definition) is 1. The zero-order chi connectivity index (χ0) is 27.5. The molecule has 9 nitrogen and oxygen atoms in total. The Bertz CT molecular complexity index is 1390. The topological polar surface area (TPSA) is 117 Å². The minimum Gasteiger partial charge on any atom is -0.459 e. The van der Waals surface area contributed by atoms with Gasteiger partial charge in [0.05, 0.1) is 11.2 Å². The molecule has 2 aromatic carbocycles. The molecular weight excluding hydrogens is 506 g/mol. The molecule has 4 rings (SSSR count). The summed E-state index contributed by atoms with van der Waals surface area (Å²) in [4.78, 5) is 42.1. The molecule has 1 aliphatic heterocycles. The third kappa shape index (κ3) is 5.80. The van der Waals surface area contributed by atoms with E-state index in [9.17, 15) is 22.8 Å². The molecule has 1 saturated heterocycles. The van der Waals surface area contributed by atoms with E-state index in [-0.39, 0.29) is 48.2 Å². The lowest BCUT2D eigenvalue weighted by atomic mass is 9.86. The first-order valence-electron chi connectivity index (χ1n) is 12.3. The van der Waals surface area contributed by atoms with Gasteiger partial charge in [-0.05, 0) is 47.4 Å². The average molecular weight is 538 g/mol. The Morgan fingerprint density at radius 3 is 2.00 bits per heavy atom. The molecule has 2 heterocycles. The zero-order valence-corrected chi connectivity index (χ0v) is 22.4. The summed E-state index contributed by atoms with van der Waals surface area (Å²) in [5, 5.41) is 0.488. The van der Waals surface area contributed by atoms with Crippen molar-refractivity contribution < 1.29 is 27.2 Å². The van der Waals surface area contributed by atoms with Gasteiger partial charge in [0.1, 0.15) is 0 Å². The summed E-state index contributed by atoms with van der Waals surface area (Å²) >= 11 is 0. The van der Waals surface area contributed by atoms with E-state index in [2.05, 4.69) is 26.1 Å². The van der Waals surface area contributed by atoms with Crippen molar-refractivity contribution in [2.75, 3.05) is 26.2 Å². The minimum absolute atomic E-state index is 0.0312. The Labute approximate surface area is 222 Å². The molecule has 0 saturated carbocycles. The molecule has 1 aliphatic rings. The van der Waals surface area contributed by atoms with Crippen molar-refractivity contribution in [3.8, 4) is 0 Å². The van der Waals surface area contributed by atoms with Gasteiger partial charge < -0.3 is 19.5 Å². The molecule has 200 valence electrons. The van der Waals surface area contributed by atoms with Crippen molar-refractivity contribution in [2.45, 2.75) is 36.5 Å². The Balaban J connectivity index is 1.49. The Hall–Kier alpha value is -3.92. The van der Waals surface area contributed by atoms with E-state index in [4.69, 9.17) is 4.42 Å². The number of furan rings is 1. The van der Waals surface area contributed by atoms with Crippen LogP contribution >= 0.6 is 0 Å². The largest absolute Gasteiger partial charge is 0.459 e. The van der Waals surface area contributed by atoms with Crippen LogP contribution in [0.15, 0.2) is 82.3 Å². The molecule has 1 atom stereocenters. The predicted molar refractivity (Wildman–Crippen MR) is 141 cm³/mol. The summed E-state index contributed by atoms with van der Waals surface area (Å²) in [5.74, 6) is -1.85. The maximum atomic E-state index is 13.5. The van der Waals surface area contributed by atoms with Gasteiger partial charge in [0.2, 0.25) is 15.2 Å². The van der Waals surface area contributed by atoms with Gasteiger partial charge in [-0.2, -0.15) is 0 Å². The van der Waals surface area contributed by atoms with Crippen molar-refractivity contribution in [3.63, 3.8) is 0 Å². The number of nitrogens with one attached hydrogen (secondary N) is 1. The van der Waals surface area contributed by atoms with Crippen LogP contribution in [0.2, 0.25) is 0 Å². The van der Waals surface area contributed by atoms with E-state index in [1.165, 1.54) is 35.4 Å². The van der Waals surface area contributed by atoms with Gasteiger partial charge in [0, 0.05) is 31.7 Å². The van der Waals surface area contributed by atoms with Crippen molar-refractivity contribution in [3.05, 3.63) is 89.9 Å². The molecule has 0 spiro atoms. The van der Waals surface area contributed by atoms with Crippen LogP contribution in [0.4, 0.5) is 0 Å². The molecule has 10 heteroatoms. The molecule has 3 aromatic rings. The maximum absolute atomic E-state index is 13.5. The highest BCUT2D eigenvalue weighted by Gasteiger charge is 2.40. The minimum atomic E-state index is -4.27. The van der Waals surface area contributed by atoms with Gasteiger partial charge in [0.25, 0.3) is 17.7 Å². The predicted octanol–water partition coefficient (Wildman–Crippen LogP) is 3.09. The van der Waals surface area contributed by atoms with E-state index in [1.807, 2.05) is 12.1 Å². The molecule has 1 N–H and O–H groups in total. The van der Waals surface area contributed by atoms with Crippen LogP contribution in [0.1, 0.15) is 47.2 Å². The molecule has 3 amide bonds. The van der Waals surface area contributed by atoms with Gasteiger partial charge in [-0.3, -0.25) is 14.4 Å². The third-order valence-electron chi connectivity index (χ3n) is 6.49. The molecule has 1 aromatic heterocycles. The highest BCUT2D eigenvalue weighted by molar-refractivity contribution is 7.92. The number of carbonyl (C=O) groups is 3. The van der Waals surface area contributed by atoms with Crippen LogP contribution in [0, 0.1) is 0 Å². The van der Waals surface area contributed by atoms with E-state index in [1.54, 1.807) is 35.2 Å². The fourth-order valence-corrected chi connectivity index (χ4v) is 5.69. The number of carbonyl (C=O) groups excluding carboxylic acids is 3. The highest BCUT2D eigenvalue weighted by atomic mass is 32.2. The van der Waals surface area contributed by atoms with Crippen LogP contribution in [-0.2, 0) is 20.0 Å². The third-order valence-corrected chi connectivity index (χ3v) is 8.36. The molecule has 38 heavy (non-hydrogen) atoms. The molecule has 0 bridgehead atoms. The monoisotopic (exact) mass is 537 g/mol. The summed E-state index contributed by atoms with van der Waals surface area (Å²) in [6.45, 7) is 7.02. The number of nitrogens with zero attached hydrogens (tertiary/aromatic N) is 2. The van der Waals surface area contributed by atoms with Crippen LogP contribution < -0.4 is 5.32 Å². The SMILES string of the molecule is CC(C)(C)c1ccc(C(=O)N2CCN(C(=O)[C@H](NC(=O)c3ccco3)S(=O)(=O)c3ccccc3)CC2)cc1. The van der Waals surface area contributed by atoms with Gasteiger partial charge in [-0.15, -0.1) is 0 Å². The summed E-state index contributed by atoms with van der Waals surface area (Å²) in [6, 6.07) is 17.8. The van der Waals surface area contributed by atoms with Crippen molar-refractivity contribution in [2.24, 2.45) is 0 Å². The Kier molecular flexibility index (Phi) is 7.73. The maximum Gasteiger partial charge on any atom is 0.288 e. The number of amides is 3. The average Bonchev–Trinajstić information content (AvgIpc) is 3.46. The van der Waals surface area contributed by atoms with Crippen LogP contribution in [0.3, 0.4) is 0 Å². The lowest BCUT2D eigenvalue weighted by Gasteiger charge is -2.36. The first kappa shape index (κ1) is 27.1. The number of benzene rings is 2. The normalized spacial score (nSPS) is 15.1. The second-order valence-corrected chi connectivity index (χ2v) is 12.2. The van der Waals surface area contributed by atoms with Crippen LogP contribution in [0.5, 0.6) is 0 Å². The lowest BCUT2D eigenvalue weighted by molar-refractivity contribution is -0.132. The highest BCUT2D eigenvalue weighted by Crippen LogP contribution is 2.23. The summed E-state index contributed by atoms with van der Waals surface area (Å²) < 4.78 is 31.9. The molecule has 1 fully saturated rings. The van der Waals surface area contributed by atoms with E-state index < -0.39 is 27.0 Å². The van der Waals surface area contributed by atoms with Crippen molar-refractivity contribution >= 4 is 27.6 Å².